The largest absolute Gasteiger partial charge is 0.310 e. The van der Waals surface area contributed by atoms with Gasteiger partial charge < -0.3 is 5.32 Å². The number of benzene rings is 2. The second kappa shape index (κ2) is 9.19. The quantitative estimate of drug-likeness (QED) is 0.399. The van der Waals surface area contributed by atoms with Crippen LogP contribution in [0.5, 0.6) is 0 Å². The van der Waals surface area contributed by atoms with E-state index in [0.717, 1.165) is 11.6 Å². The fourth-order valence-electron chi connectivity index (χ4n) is 3.09. The third-order valence-electron chi connectivity index (χ3n) is 4.67. The summed E-state index contributed by atoms with van der Waals surface area (Å²) >= 11 is 0. The van der Waals surface area contributed by atoms with Gasteiger partial charge in [0.15, 0.2) is 5.78 Å². The maximum absolute atomic E-state index is 12.6. The summed E-state index contributed by atoms with van der Waals surface area (Å²) in [7, 11) is -3.35. The number of nitrogens with one attached hydrogen (secondary N) is 2. The van der Waals surface area contributed by atoms with Crippen LogP contribution in [0.4, 0.5) is 5.69 Å². The van der Waals surface area contributed by atoms with Crippen LogP contribution in [0.3, 0.4) is 0 Å². The van der Waals surface area contributed by atoms with Crippen LogP contribution in [0.15, 0.2) is 59.5 Å². The van der Waals surface area contributed by atoms with Gasteiger partial charge in [-0.2, -0.15) is 5.10 Å². The zero-order valence-electron chi connectivity index (χ0n) is 16.8. The summed E-state index contributed by atoms with van der Waals surface area (Å²) in [5, 5.41) is 8.80. The molecule has 2 aromatic carbocycles. The van der Waals surface area contributed by atoms with Crippen molar-refractivity contribution in [3.8, 4) is 0 Å². The van der Waals surface area contributed by atoms with E-state index in [2.05, 4.69) is 15.1 Å². The number of hydrogen-bond donors (Lipinski definition) is 2. The zero-order valence-corrected chi connectivity index (χ0v) is 17.6. The van der Waals surface area contributed by atoms with Crippen LogP contribution in [0.1, 0.15) is 29.7 Å². The first-order chi connectivity index (χ1) is 14.2. The average molecular weight is 429 g/mol. The number of ketones is 1. The van der Waals surface area contributed by atoms with Gasteiger partial charge in [-0.05, 0) is 50.2 Å². The van der Waals surface area contributed by atoms with Crippen LogP contribution in [-0.2, 0) is 10.0 Å². The van der Waals surface area contributed by atoms with Crippen LogP contribution in [0, 0.1) is 0 Å². The van der Waals surface area contributed by atoms with E-state index in [9.17, 15) is 18.0 Å². The number of carbonyl (C=O) groups excluding carboxylic acids is 1. The molecule has 0 amide bonds. The highest BCUT2D eigenvalue weighted by Crippen LogP contribution is 2.12. The van der Waals surface area contributed by atoms with Gasteiger partial charge in [0.25, 0.3) is 5.56 Å². The van der Waals surface area contributed by atoms with Gasteiger partial charge in [-0.25, -0.2) is 13.1 Å². The van der Waals surface area contributed by atoms with Crippen molar-refractivity contribution in [1.29, 1.82) is 0 Å². The first-order valence-electron chi connectivity index (χ1n) is 9.53. The molecule has 1 aromatic heterocycles. The monoisotopic (exact) mass is 428 g/mol. The number of rotatable bonds is 9. The molecule has 0 saturated carbocycles. The van der Waals surface area contributed by atoms with E-state index in [1.165, 1.54) is 4.68 Å². The number of carbonyl (C=O) groups is 1. The van der Waals surface area contributed by atoms with E-state index < -0.39 is 10.0 Å². The van der Waals surface area contributed by atoms with Crippen LogP contribution in [0.2, 0.25) is 0 Å². The number of hydrogen-bond acceptors (Lipinski definition) is 6. The summed E-state index contributed by atoms with van der Waals surface area (Å²) in [4.78, 5) is 24.9. The highest BCUT2D eigenvalue weighted by atomic mass is 32.2. The molecule has 1 atom stereocenters. The molecular formula is C21H24N4O4S. The number of anilines is 1. The molecule has 0 aliphatic rings. The summed E-state index contributed by atoms with van der Waals surface area (Å²) in [6.07, 6.45) is 3.39. The molecule has 0 aliphatic heterocycles. The minimum atomic E-state index is -3.35. The highest BCUT2D eigenvalue weighted by molar-refractivity contribution is 7.92. The van der Waals surface area contributed by atoms with Crippen molar-refractivity contribution in [2.75, 3.05) is 24.1 Å². The second-order valence-corrected chi connectivity index (χ2v) is 8.92. The van der Waals surface area contributed by atoms with Crippen molar-refractivity contribution in [3.05, 3.63) is 70.6 Å². The second-order valence-electron chi connectivity index (χ2n) is 7.17. The lowest BCUT2D eigenvalue weighted by molar-refractivity contribution is 0.0990. The van der Waals surface area contributed by atoms with E-state index in [4.69, 9.17) is 0 Å². The molecule has 2 N–H and O–H groups in total. The van der Waals surface area contributed by atoms with Crippen molar-refractivity contribution in [2.45, 2.75) is 19.4 Å². The minimum Gasteiger partial charge on any atom is -0.310 e. The SMILES string of the molecule is CC(CCNCC(=O)c1ccc(NS(C)(=O)=O)cc1)n1ncc2ccccc2c1=O. The molecule has 8 nitrogen and oxygen atoms in total. The van der Waals surface area contributed by atoms with Gasteiger partial charge in [0.1, 0.15) is 0 Å². The number of fused-ring (bicyclic) bond motifs is 1. The maximum atomic E-state index is 12.6. The van der Waals surface area contributed by atoms with Crippen molar-refractivity contribution in [1.82, 2.24) is 15.1 Å². The fourth-order valence-corrected chi connectivity index (χ4v) is 3.66. The molecule has 3 aromatic rings. The Morgan fingerprint density at radius 3 is 2.53 bits per heavy atom. The topological polar surface area (TPSA) is 110 Å². The average Bonchev–Trinajstić information content (AvgIpc) is 2.70. The van der Waals surface area contributed by atoms with E-state index in [-0.39, 0.29) is 23.9 Å². The Labute approximate surface area is 175 Å². The molecule has 0 bridgehead atoms. The Morgan fingerprint density at radius 2 is 1.83 bits per heavy atom. The molecule has 0 saturated heterocycles. The van der Waals surface area contributed by atoms with Gasteiger partial charge >= 0.3 is 0 Å². The van der Waals surface area contributed by atoms with Gasteiger partial charge in [0.2, 0.25) is 10.0 Å². The highest BCUT2D eigenvalue weighted by Gasteiger charge is 2.11. The smallest absolute Gasteiger partial charge is 0.274 e. The Balaban J connectivity index is 1.51. The molecule has 0 spiro atoms. The van der Waals surface area contributed by atoms with Gasteiger partial charge in [-0.15, -0.1) is 0 Å². The third-order valence-corrected chi connectivity index (χ3v) is 5.28. The summed E-state index contributed by atoms with van der Waals surface area (Å²) in [5.74, 6) is -0.102. The number of sulfonamides is 1. The molecule has 1 heterocycles. The van der Waals surface area contributed by atoms with Crippen molar-refractivity contribution >= 4 is 32.3 Å². The van der Waals surface area contributed by atoms with E-state index in [1.54, 1.807) is 36.5 Å². The standard InChI is InChI=1S/C21H24N4O4S/c1-15(25-21(27)19-6-4-3-5-17(19)13-23-25)11-12-22-14-20(26)16-7-9-18(10-8-16)24-30(2,28)29/h3-10,13,15,22,24H,11-12,14H2,1-2H3. The Hall–Kier alpha value is -3.04. The predicted molar refractivity (Wildman–Crippen MR) is 117 cm³/mol. The molecule has 0 fully saturated rings. The molecule has 1 unspecified atom stereocenters. The zero-order chi connectivity index (χ0) is 21.7. The first-order valence-corrected chi connectivity index (χ1v) is 11.4. The maximum Gasteiger partial charge on any atom is 0.274 e. The molecule has 0 aliphatic carbocycles. The normalized spacial score (nSPS) is 12.6. The summed E-state index contributed by atoms with van der Waals surface area (Å²) in [5.41, 5.74) is 0.769. The predicted octanol–water partition coefficient (Wildman–Crippen LogP) is 2.19. The van der Waals surface area contributed by atoms with Crippen molar-refractivity contribution in [2.24, 2.45) is 0 Å². The van der Waals surface area contributed by atoms with Crippen molar-refractivity contribution in [3.63, 3.8) is 0 Å². The molecule has 0 radical (unpaired) electrons. The Bertz CT molecular complexity index is 1200. The molecular weight excluding hydrogens is 404 g/mol. The Morgan fingerprint density at radius 1 is 1.13 bits per heavy atom. The molecule has 158 valence electrons. The number of aromatic nitrogens is 2. The van der Waals surface area contributed by atoms with Gasteiger partial charge in [0, 0.05) is 16.6 Å². The van der Waals surface area contributed by atoms with Gasteiger partial charge in [0.05, 0.1) is 30.4 Å². The summed E-state index contributed by atoms with van der Waals surface area (Å²) in [6, 6.07) is 13.5. The summed E-state index contributed by atoms with van der Waals surface area (Å²) < 4.78 is 26.3. The van der Waals surface area contributed by atoms with Crippen LogP contribution in [0.25, 0.3) is 10.8 Å². The van der Waals surface area contributed by atoms with Crippen molar-refractivity contribution < 1.29 is 13.2 Å². The lowest BCUT2D eigenvalue weighted by atomic mass is 10.1. The lowest BCUT2D eigenvalue weighted by Crippen LogP contribution is -2.30. The fraction of sp³-hybridized carbons (Fsp3) is 0.286. The van der Waals surface area contributed by atoms with Gasteiger partial charge in [-0.3, -0.25) is 14.3 Å². The van der Waals surface area contributed by atoms with Crippen LogP contribution in [-0.4, -0.2) is 43.3 Å². The van der Waals surface area contributed by atoms with E-state index in [1.807, 2.05) is 25.1 Å². The van der Waals surface area contributed by atoms with Crippen LogP contribution < -0.4 is 15.6 Å². The molecule has 9 heteroatoms. The number of nitrogens with zero attached hydrogens (tertiary/aromatic N) is 2. The summed E-state index contributed by atoms with van der Waals surface area (Å²) in [6.45, 7) is 2.60. The van der Waals surface area contributed by atoms with Crippen LogP contribution >= 0.6 is 0 Å². The molecule has 3 rings (SSSR count). The lowest BCUT2D eigenvalue weighted by Gasteiger charge is -2.14. The van der Waals surface area contributed by atoms with Gasteiger partial charge in [-0.1, -0.05) is 18.2 Å². The number of Topliss-reactive ketones (excluding diaryl/α,β-unsaturated/α-hetero) is 1. The first kappa shape index (κ1) is 21.7. The third kappa shape index (κ3) is 5.52. The Kier molecular flexibility index (Phi) is 6.63. The minimum absolute atomic E-state index is 0.102. The van der Waals surface area contributed by atoms with E-state index >= 15 is 0 Å². The van der Waals surface area contributed by atoms with E-state index in [0.29, 0.717) is 29.6 Å². The molecule has 30 heavy (non-hydrogen) atoms.